The van der Waals surface area contributed by atoms with Gasteiger partial charge in [0.05, 0.1) is 5.92 Å². The summed E-state index contributed by atoms with van der Waals surface area (Å²) in [6.07, 6.45) is 5.89. The fraction of sp³-hybridized carbons (Fsp3) is 0.556. The molecule has 3 rings (SSSR count). The highest BCUT2D eigenvalue weighted by Gasteiger charge is 2.49. The molecule has 1 spiro atoms. The molecule has 3 nitrogen and oxygen atoms in total. The second kappa shape index (κ2) is 5.63. The van der Waals surface area contributed by atoms with Gasteiger partial charge in [-0.3, -0.25) is 14.9 Å². The van der Waals surface area contributed by atoms with Crippen LogP contribution in [-0.4, -0.2) is 11.8 Å². The maximum absolute atomic E-state index is 12.5. The van der Waals surface area contributed by atoms with Gasteiger partial charge in [0.15, 0.2) is 0 Å². The fourth-order valence-corrected chi connectivity index (χ4v) is 4.18. The molecule has 0 aromatic heterocycles. The van der Waals surface area contributed by atoms with E-state index in [0.29, 0.717) is 12.3 Å². The fourth-order valence-electron chi connectivity index (χ4n) is 4.18. The van der Waals surface area contributed by atoms with Crippen LogP contribution in [0, 0.1) is 11.3 Å². The molecular weight excluding hydrogens is 262 g/mol. The summed E-state index contributed by atoms with van der Waals surface area (Å²) in [5.74, 6) is 0.316. The third-order valence-corrected chi connectivity index (χ3v) is 5.29. The zero-order valence-corrected chi connectivity index (χ0v) is 12.6. The van der Waals surface area contributed by atoms with E-state index >= 15 is 0 Å². The lowest BCUT2D eigenvalue weighted by Crippen LogP contribution is -2.50. The normalized spacial score (nSPS) is 33.6. The minimum atomic E-state index is -0.179. The SMILES string of the molecule is CC1CCCC2(CC1)CC(=O)NC(=O)C2c1ccccc1. The summed E-state index contributed by atoms with van der Waals surface area (Å²) in [5.41, 5.74) is 0.878. The first kappa shape index (κ1) is 14.3. The van der Waals surface area contributed by atoms with Crippen molar-refractivity contribution < 1.29 is 9.59 Å². The summed E-state index contributed by atoms with van der Waals surface area (Å²) in [7, 11) is 0. The molecule has 21 heavy (non-hydrogen) atoms. The van der Waals surface area contributed by atoms with Crippen molar-refractivity contribution in [2.75, 3.05) is 0 Å². The molecular formula is C18H23NO2. The third-order valence-electron chi connectivity index (χ3n) is 5.29. The van der Waals surface area contributed by atoms with Crippen molar-refractivity contribution in [3.63, 3.8) is 0 Å². The molecule has 2 fully saturated rings. The Hall–Kier alpha value is -1.64. The van der Waals surface area contributed by atoms with E-state index in [1.54, 1.807) is 0 Å². The quantitative estimate of drug-likeness (QED) is 0.804. The Bertz CT molecular complexity index is 539. The zero-order valence-electron chi connectivity index (χ0n) is 12.6. The highest BCUT2D eigenvalue weighted by Crippen LogP contribution is 2.51. The van der Waals surface area contributed by atoms with Crippen molar-refractivity contribution in [2.24, 2.45) is 11.3 Å². The van der Waals surface area contributed by atoms with E-state index in [0.717, 1.165) is 31.2 Å². The number of amides is 2. The highest BCUT2D eigenvalue weighted by molar-refractivity contribution is 6.02. The molecule has 0 bridgehead atoms. The predicted molar refractivity (Wildman–Crippen MR) is 81.6 cm³/mol. The Morgan fingerprint density at radius 1 is 1.10 bits per heavy atom. The first-order valence-corrected chi connectivity index (χ1v) is 7.99. The number of benzene rings is 1. The third kappa shape index (κ3) is 2.74. The van der Waals surface area contributed by atoms with Gasteiger partial charge in [0, 0.05) is 6.42 Å². The monoisotopic (exact) mass is 285 g/mol. The van der Waals surface area contributed by atoms with Crippen molar-refractivity contribution in [3.05, 3.63) is 35.9 Å². The Kier molecular flexibility index (Phi) is 3.83. The number of imide groups is 1. The van der Waals surface area contributed by atoms with E-state index in [2.05, 4.69) is 12.2 Å². The number of hydrogen-bond donors (Lipinski definition) is 1. The smallest absolute Gasteiger partial charge is 0.234 e. The lowest BCUT2D eigenvalue weighted by molar-refractivity contribution is -0.140. The summed E-state index contributed by atoms with van der Waals surface area (Å²) in [6.45, 7) is 2.28. The van der Waals surface area contributed by atoms with E-state index in [1.165, 1.54) is 6.42 Å². The second-order valence-electron chi connectivity index (χ2n) is 6.83. The molecule has 2 aliphatic rings. The lowest BCUT2D eigenvalue weighted by Gasteiger charge is -2.42. The molecule has 1 aromatic rings. The van der Waals surface area contributed by atoms with Crippen molar-refractivity contribution >= 4 is 11.8 Å². The largest absolute Gasteiger partial charge is 0.296 e. The Morgan fingerprint density at radius 3 is 2.62 bits per heavy atom. The molecule has 112 valence electrons. The van der Waals surface area contributed by atoms with Gasteiger partial charge in [0.25, 0.3) is 0 Å². The molecule has 2 amide bonds. The molecule has 1 aliphatic heterocycles. The number of piperidine rings is 1. The van der Waals surface area contributed by atoms with E-state index in [4.69, 9.17) is 0 Å². The lowest BCUT2D eigenvalue weighted by atomic mass is 9.63. The van der Waals surface area contributed by atoms with Crippen molar-refractivity contribution in [1.82, 2.24) is 5.32 Å². The van der Waals surface area contributed by atoms with Crippen LogP contribution in [0.5, 0.6) is 0 Å². The Balaban J connectivity index is 2.00. The van der Waals surface area contributed by atoms with Crippen molar-refractivity contribution in [3.8, 4) is 0 Å². The van der Waals surface area contributed by atoms with Gasteiger partial charge in [0.2, 0.25) is 11.8 Å². The van der Waals surface area contributed by atoms with Crippen LogP contribution in [0.3, 0.4) is 0 Å². The topological polar surface area (TPSA) is 46.2 Å². The van der Waals surface area contributed by atoms with Gasteiger partial charge in [0.1, 0.15) is 0 Å². The summed E-state index contributed by atoms with van der Waals surface area (Å²) >= 11 is 0. The predicted octanol–water partition coefficient (Wildman–Crippen LogP) is 3.40. The summed E-state index contributed by atoms with van der Waals surface area (Å²) in [5, 5.41) is 2.55. The highest BCUT2D eigenvalue weighted by atomic mass is 16.2. The van der Waals surface area contributed by atoms with Gasteiger partial charge in [-0.1, -0.05) is 56.5 Å². The zero-order chi connectivity index (χ0) is 14.9. The number of nitrogens with one attached hydrogen (secondary N) is 1. The summed E-state index contributed by atoms with van der Waals surface area (Å²) in [4.78, 5) is 24.5. The van der Waals surface area contributed by atoms with Gasteiger partial charge < -0.3 is 0 Å². The van der Waals surface area contributed by atoms with Crippen LogP contribution in [0.4, 0.5) is 0 Å². The molecule has 0 radical (unpaired) electrons. The number of rotatable bonds is 1. The molecule has 3 heteroatoms. The maximum atomic E-state index is 12.5. The van der Waals surface area contributed by atoms with Crippen LogP contribution in [0.1, 0.15) is 56.9 Å². The van der Waals surface area contributed by atoms with E-state index in [-0.39, 0.29) is 23.1 Å². The molecule has 1 saturated heterocycles. The molecule has 1 aromatic carbocycles. The number of carbonyl (C=O) groups is 2. The average molecular weight is 285 g/mol. The van der Waals surface area contributed by atoms with Crippen LogP contribution in [0.25, 0.3) is 0 Å². The molecule has 1 saturated carbocycles. The van der Waals surface area contributed by atoms with E-state index in [1.807, 2.05) is 30.3 Å². The van der Waals surface area contributed by atoms with Gasteiger partial charge in [-0.05, 0) is 29.7 Å². The molecule has 3 unspecified atom stereocenters. The van der Waals surface area contributed by atoms with Crippen LogP contribution in [0.15, 0.2) is 30.3 Å². The molecule has 1 aliphatic carbocycles. The van der Waals surface area contributed by atoms with Crippen LogP contribution < -0.4 is 5.32 Å². The summed E-state index contributed by atoms with van der Waals surface area (Å²) in [6, 6.07) is 9.97. The van der Waals surface area contributed by atoms with Crippen LogP contribution in [0.2, 0.25) is 0 Å². The number of carbonyl (C=O) groups excluding carboxylic acids is 2. The van der Waals surface area contributed by atoms with Gasteiger partial charge >= 0.3 is 0 Å². The second-order valence-corrected chi connectivity index (χ2v) is 6.83. The molecule has 1 heterocycles. The first-order chi connectivity index (χ1) is 10.1. The maximum Gasteiger partial charge on any atom is 0.234 e. The van der Waals surface area contributed by atoms with Crippen LogP contribution in [-0.2, 0) is 9.59 Å². The number of hydrogen-bond acceptors (Lipinski definition) is 2. The van der Waals surface area contributed by atoms with Gasteiger partial charge in [-0.15, -0.1) is 0 Å². The average Bonchev–Trinajstić information content (AvgIpc) is 2.62. The van der Waals surface area contributed by atoms with Crippen LogP contribution >= 0.6 is 0 Å². The van der Waals surface area contributed by atoms with E-state index in [9.17, 15) is 9.59 Å². The Morgan fingerprint density at radius 2 is 1.86 bits per heavy atom. The van der Waals surface area contributed by atoms with Crippen molar-refractivity contribution in [1.29, 1.82) is 0 Å². The van der Waals surface area contributed by atoms with Crippen molar-refractivity contribution in [2.45, 2.75) is 51.4 Å². The standard InChI is InChI=1S/C18H23NO2/c1-13-6-5-10-18(11-9-13)12-15(20)19-17(21)16(18)14-7-3-2-4-8-14/h2-4,7-8,13,16H,5-6,9-12H2,1H3,(H,19,20,21). The minimum Gasteiger partial charge on any atom is -0.296 e. The minimum absolute atomic E-state index is 0.0956. The summed E-state index contributed by atoms with van der Waals surface area (Å²) < 4.78 is 0. The van der Waals surface area contributed by atoms with E-state index < -0.39 is 0 Å². The van der Waals surface area contributed by atoms with Gasteiger partial charge in [-0.2, -0.15) is 0 Å². The Labute approximate surface area is 126 Å². The molecule has 3 atom stereocenters. The van der Waals surface area contributed by atoms with Gasteiger partial charge in [-0.25, -0.2) is 0 Å². The molecule has 1 N–H and O–H groups in total. The first-order valence-electron chi connectivity index (χ1n) is 7.99.